The van der Waals surface area contributed by atoms with Crippen molar-refractivity contribution in [3.8, 4) is 0 Å². The Labute approximate surface area is 177 Å². The van der Waals surface area contributed by atoms with Crippen molar-refractivity contribution in [1.29, 1.82) is 0 Å². The van der Waals surface area contributed by atoms with Gasteiger partial charge in [-0.25, -0.2) is 12.8 Å². The number of aliphatic hydroxyl groups is 1. The molecule has 31 heavy (non-hydrogen) atoms. The molecule has 4 N–H and O–H groups in total. The SMILES string of the molecule is [CH2-][NH2+]c1ccc(NC(=O)C(O)(CC)CS(=O)(=O)c2ccc(F)cc2C)cc1C(F)(F)F. The second-order valence-corrected chi connectivity index (χ2v) is 8.97. The molecule has 2 aromatic rings. The lowest BCUT2D eigenvalue weighted by Crippen LogP contribution is -2.70. The third kappa shape index (κ3) is 5.60. The summed E-state index contributed by atoms with van der Waals surface area (Å²) < 4.78 is 78.4. The lowest BCUT2D eigenvalue weighted by molar-refractivity contribution is -0.506. The van der Waals surface area contributed by atoms with E-state index in [-0.39, 0.29) is 28.3 Å². The average molecular weight is 462 g/mol. The molecule has 0 radical (unpaired) electrons. The van der Waals surface area contributed by atoms with Crippen LogP contribution in [-0.2, 0) is 20.8 Å². The van der Waals surface area contributed by atoms with E-state index in [1.165, 1.54) is 19.9 Å². The Morgan fingerprint density at radius 1 is 1.19 bits per heavy atom. The minimum absolute atomic E-state index is 0.0914. The lowest BCUT2D eigenvalue weighted by atomic mass is 10.0. The minimum atomic E-state index is -4.71. The summed E-state index contributed by atoms with van der Waals surface area (Å²) >= 11 is 0. The van der Waals surface area contributed by atoms with Crippen LogP contribution in [0, 0.1) is 19.8 Å². The number of carbonyl (C=O) groups excluding carboxylic acids is 1. The van der Waals surface area contributed by atoms with Crippen molar-refractivity contribution >= 4 is 27.1 Å². The summed E-state index contributed by atoms with van der Waals surface area (Å²) in [6, 6.07) is 5.90. The van der Waals surface area contributed by atoms with Crippen molar-refractivity contribution in [1.82, 2.24) is 0 Å². The monoisotopic (exact) mass is 462 g/mol. The molecule has 0 heterocycles. The Morgan fingerprint density at radius 2 is 1.84 bits per heavy atom. The normalized spacial score (nSPS) is 14.2. The van der Waals surface area contributed by atoms with Crippen LogP contribution in [0.15, 0.2) is 41.3 Å². The molecule has 0 fully saturated rings. The number of amides is 1. The molecule has 0 spiro atoms. The lowest BCUT2D eigenvalue weighted by Gasteiger charge is -2.26. The van der Waals surface area contributed by atoms with E-state index in [1.54, 1.807) is 0 Å². The standard InChI is InChI=1S/C20H22F4N2O4S/c1-4-19(28,11-31(29,30)17-8-5-13(21)9-12(17)2)18(27)26-14-6-7-16(25-3)15(10-14)20(22,23)24/h5-10,28H,3-4,11,25H2,1-2H3,(H,26,27). The number of rotatable bonds is 7. The second kappa shape index (κ2) is 8.93. The molecule has 11 heteroatoms. The van der Waals surface area contributed by atoms with E-state index in [4.69, 9.17) is 0 Å². The fourth-order valence-electron chi connectivity index (χ4n) is 2.99. The van der Waals surface area contributed by atoms with Crippen LogP contribution in [0.3, 0.4) is 0 Å². The van der Waals surface area contributed by atoms with Crippen LogP contribution >= 0.6 is 0 Å². The summed E-state index contributed by atoms with van der Waals surface area (Å²) in [5, 5.41) is 13.9. The van der Waals surface area contributed by atoms with Gasteiger partial charge in [0.25, 0.3) is 5.91 Å². The molecule has 0 aliphatic heterocycles. The zero-order chi connectivity index (χ0) is 23.6. The quantitative estimate of drug-likeness (QED) is 0.255. The van der Waals surface area contributed by atoms with Gasteiger partial charge in [-0.2, -0.15) is 13.2 Å². The average Bonchev–Trinajstić information content (AvgIpc) is 2.66. The summed E-state index contributed by atoms with van der Waals surface area (Å²) in [5.41, 5.74) is -3.87. The third-order valence-corrected chi connectivity index (χ3v) is 6.73. The Bertz CT molecular complexity index is 1090. The first-order valence-corrected chi connectivity index (χ1v) is 10.7. The van der Waals surface area contributed by atoms with Crippen molar-refractivity contribution in [3.05, 3.63) is 60.4 Å². The van der Waals surface area contributed by atoms with Gasteiger partial charge in [0.15, 0.2) is 15.4 Å². The van der Waals surface area contributed by atoms with E-state index >= 15 is 0 Å². The first-order chi connectivity index (χ1) is 14.2. The number of hydrogen-bond acceptors (Lipinski definition) is 4. The maximum Gasteiger partial charge on any atom is 0.422 e. The van der Waals surface area contributed by atoms with E-state index in [2.05, 4.69) is 12.4 Å². The van der Waals surface area contributed by atoms with Crippen LogP contribution < -0.4 is 10.6 Å². The number of nitrogens with two attached hydrogens (primary N) is 1. The smallest absolute Gasteiger partial charge is 0.422 e. The number of alkyl halides is 3. The van der Waals surface area contributed by atoms with Crippen molar-refractivity contribution < 1.29 is 41.2 Å². The molecule has 2 aromatic carbocycles. The molecule has 1 amide bonds. The highest BCUT2D eigenvalue weighted by atomic mass is 32.2. The molecule has 170 valence electrons. The number of hydrogen-bond donors (Lipinski definition) is 3. The maximum atomic E-state index is 13.3. The van der Waals surface area contributed by atoms with Gasteiger partial charge >= 0.3 is 6.18 Å². The molecule has 0 aliphatic rings. The second-order valence-electron chi connectivity index (χ2n) is 7.01. The number of anilines is 1. The van der Waals surface area contributed by atoms with Gasteiger partial charge in [-0.05, 0) is 55.3 Å². The highest BCUT2D eigenvalue weighted by Gasteiger charge is 2.41. The number of nitrogens with one attached hydrogen (secondary N) is 1. The molecular formula is C20H22F4N2O4S. The molecule has 2 rings (SSSR count). The van der Waals surface area contributed by atoms with Gasteiger partial charge in [-0.1, -0.05) is 6.92 Å². The van der Waals surface area contributed by atoms with Gasteiger partial charge < -0.3 is 15.7 Å². The van der Waals surface area contributed by atoms with Gasteiger partial charge in [-0.15, -0.1) is 7.05 Å². The molecule has 6 nitrogen and oxygen atoms in total. The summed E-state index contributed by atoms with van der Waals surface area (Å²) in [6.45, 7) is 2.72. The molecule has 0 aliphatic carbocycles. The number of aryl methyl sites for hydroxylation is 1. The zero-order valence-corrected chi connectivity index (χ0v) is 17.6. The van der Waals surface area contributed by atoms with E-state index < -0.39 is 44.7 Å². The van der Waals surface area contributed by atoms with Crippen molar-refractivity contribution in [3.63, 3.8) is 0 Å². The van der Waals surface area contributed by atoms with Crippen molar-refractivity contribution in [2.24, 2.45) is 0 Å². The number of halogens is 4. The zero-order valence-electron chi connectivity index (χ0n) is 16.8. The number of quaternary nitrogens is 1. The molecular weight excluding hydrogens is 440 g/mol. The van der Waals surface area contributed by atoms with Gasteiger partial charge in [0.05, 0.1) is 10.6 Å². The van der Waals surface area contributed by atoms with Gasteiger partial charge in [0.1, 0.15) is 17.1 Å². The van der Waals surface area contributed by atoms with Crippen LogP contribution in [0.5, 0.6) is 0 Å². The molecule has 0 aromatic heterocycles. The van der Waals surface area contributed by atoms with Crippen LogP contribution in [0.25, 0.3) is 0 Å². The molecule has 0 bridgehead atoms. The van der Waals surface area contributed by atoms with Crippen molar-refractivity contribution in [2.45, 2.75) is 36.9 Å². The Hall–Kier alpha value is -2.50. The summed E-state index contributed by atoms with van der Waals surface area (Å²) in [6.07, 6.45) is -5.05. The fourth-order valence-corrected chi connectivity index (χ4v) is 4.93. The van der Waals surface area contributed by atoms with Crippen LogP contribution in [0.2, 0.25) is 0 Å². The van der Waals surface area contributed by atoms with Crippen LogP contribution in [0.4, 0.5) is 28.9 Å². The van der Waals surface area contributed by atoms with Crippen LogP contribution in [-0.4, -0.2) is 30.8 Å². The number of sulfone groups is 1. The fraction of sp³-hybridized carbons (Fsp3) is 0.300. The van der Waals surface area contributed by atoms with Crippen molar-refractivity contribution in [2.75, 3.05) is 11.1 Å². The highest BCUT2D eigenvalue weighted by molar-refractivity contribution is 7.91. The van der Waals surface area contributed by atoms with E-state index in [0.29, 0.717) is 6.07 Å². The largest absolute Gasteiger partial charge is 0.445 e. The summed E-state index contributed by atoms with van der Waals surface area (Å²) in [4.78, 5) is 12.4. The maximum absolute atomic E-state index is 13.3. The van der Waals surface area contributed by atoms with E-state index in [1.807, 2.05) is 0 Å². The minimum Gasteiger partial charge on any atom is -0.445 e. The highest BCUT2D eigenvalue weighted by Crippen LogP contribution is 2.35. The molecule has 1 unspecified atom stereocenters. The summed E-state index contributed by atoms with van der Waals surface area (Å²) in [5.74, 6) is -2.87. The number of carbonyl (C=O) groups is 1. The molecule has 0 saturated carbocycles. The first-order valence-electron chi connectivity index (χ1n) is 9.10. The van der Waals surface area contributed by atoms with Gasteiger partial charge in [-0.3, -0.25) is 4.79 Å². The Kier molecular flexibility index (Phi) is 7.14. The van der Waals surface area contributed by atoms with Gasteiger partial charge in [0.2, 0.25) is 0 Å². The van der Waals surface area contributed by atoms with E-state index in [0.717, 1.165) is 29.6 Å². The Morgan fingerprint density at radius 3 is 2.35 bits per heavy atom. The van der Waals surface area contributed by atoms with E-state index in [9.17, 15) is 35.9 Å². The summed E-state index contributed by atoms with van der Waals surface area (Å²) in [7, 11) is -0.915. The topological polar surface area (TPSA) is 100 Å². The van der Waals surface area contributed by atoms with Crippen LogP contribution in [0.1, 0.15) is 24.5 Å². The molecule has 1 atom stereocenters. The number of benzene rings is 2. The van der Waals surface area contributed by atoms with Gasteiger partial charge in [0, 0.05) is 5.69 Å². The predicted octanol–water partition coefficient (Wildman–Crippen LogP) is 2.69. The first kappa shape index (κ1) is 24.8. The predicted molar refractivity (Wildman–Crippen MR) is 105 cm³/mol. The Balaban J connectivity index is 2.34. The molecule has 0 saturated heterocycles. The third-order valence-electron chi connectivity index (χ3n) is 4.74.